The Morgan fingerprint density at radius 1 is 0.960 bits per heavy atom. The van der Waals surface area contributed by atoms with Crippen molar-refractivity contribution in [2.24, 2.45) is 5.14 Å². The van der Waals surface area contributed by atoms with Crippen LogP contribution in [-0.2, 0) is 21.1 Å². The average Bonchev–Trinajstić information content (AvgIpc) is 2.44. The van der Waals surface area contributed by atoms with Gasteiger partial charge in [0.25, 0.3) is 10.2 Å². The fraction of sp³-hybridized carbons (Fsp3) is 0.143. The Labute approximate surface area is 139 Å². The Kier molecular flexibility index (Phi) is 3.89. The summed E-state index contributed by atoms with van der Waals surface area (Å²) >= 11 is 0. The Morgan fingerprint density at radius 2 is 1.56 bits per heavy atom. The smallest absolute Gasteiger partial charge is 0.409 e. The van der Waals surface area contributed by atoms with Crippen molar-refractivity contribution in [2.75, 3.05) is 4.72 Å². The number of rotatable bonds is 3. The summed E-state index contributed by atoms with van der Waals surface area (Å²) in [4.78, 5) is 0. The molecule has 0 aromatic heterocycles. The number of nitrogens with one attached hydrogen (secondary N) is 1. The fourth-order valence-corrected chi connectivity index (χ4v) is 2.74. The first-order chi connectivity index (χ1) is 11.5. The predicted octanol–water partition coefficient (Wildman–Crippen LogP) is 2.98. The molecule has 0 saturated carbocycles. The number of hydrogen-bond donors (Lipinski definition) is 2. The van der Waals surface area contributed by atoms with Gasteiger partial charge < -0.3 is 4.74 Å². The molecule has 2 aromatic rings. The third kappa shape index (κ3) is 3.83. The SMILES string of the molecule is NS(=O)(=O)Nc1ccc(-c2ccc3c(c2)C(F)(F)OC(F)(F)O3)cc1. The third-order valence-corrected chi connectivity index (χ3v) is 3.77. The van der Waals surface area contributed by atoms with E-state index in [0.29, 0.717) is 5.56 Å². The van der Waals surface area contributed by atoms with Gasteiger partial charge in [0.05, 0.1) is 5.56 Å². The van der Waals surface area contributed by atoms with Gasteiger partial charge >= 0.3 is 12.4 Å². The molecule has 0 atom stereocenters. The van der Waals surface area contributed by atoms with Gasteiger partial charge in [-0.15, -0.1) is 8.78 Å². The highest BCUT2D eigenvalue weighted by Gasteiger charge is 2.54. The van der Waals surface area contributed by atoms with Crippen molar-refractivity contribution < 1.29 is 35.5 Å². The van der Waals surface area contributed by atoms with Gasteiger partial charge in [0.15, 0.2) is 0 Å². The molecule has 0 bridgehead atoms. The van der Waals surface area contributed by atoms with Gasteiger partial charge in [0, 0.05) is 5.69 Å². The van der Waals surface area contributed by atoms with Gasteiger partial charge in [-0.2, -0.15) is 17.2 Å². The van der Waals surface area contributed by atoms with E-state index in [1.807, 2.05) is 4.72 Å². The van der Waals surface area contributed by atoms with E-state index >= 15 is 0 Å². The van der Waals surface area contributed by atoms with Crippen molar-refractivity contribution in [3.63, 3.8) is 0 Å². The van der Waals surface area contributed by atoms with Crippen LogP contribution >= 0.6 is 0 Å². The van der Waals surface area contributed by atoms with E-state index in [1.165, 1.54) is 30.3 Å². The molecule has 3 rings (SSSR count). The first-order valence-electron chi connectivity index (χ1n) is 6.65. The van der Waals surface area contributed by atoms with E-state index in [-0.39, 0.29) is 11.3 Å². The van der Waals surface area contributed by atoms with Crippen molar-refractivity contribution >= 4 is 15.9 Å². The largest absolute Gasteiger partial charge is 0.540 e. The maximum absolute atomic E-state index is 13.8. The van der Waals surface area contributed by atoms with E-state index in [0.717, 1.165) is 12.1 Å². The number of hydrogen-bond acceptors (Lipinski definition) is 4. The highest BCUT2D eigenvalue weighted by atomic mass is 32.2. The van der Waals surface area contributed by atoms with Crippen LogP contribution in [0.4, 0.5) is 23.2 Å². The predicted molar refractivity (Wildman–Crippen MR) is 79.2 cm³/mol. The van der Waals surface area contributed by atoms with E-state index in [1.54, 1.807) is 0 Å². The zero-order valence-electron chi connectivity index (χ0n) is 12.2. The van der Waals surface area contributed by atoms with E-state index < -0.39 is 33.9 Å². The normalized spacial score (nSPS) is 18.1. The Bertz CT molecular complexity index is 917. The second-order valence-electron chi connectivity index (χ2n) is 5.12. The van der Waals surface area contributed by atoms with Crippen LogP contribution in [0.3, 0.4) is 0 Å². The molecule has 0 saturated heterocycles. The van der Waals surface area contributed by atoms with Crippen LogP contribution in [0.15, 0.2) is 42.5 Å². The number of halogens is 4. The molecule has 25 heavy (non-hydrogen) atoms. The summed E-state index contributed by atoms with van der Waals surface area (Å²) in [6.45, 7) is 0. The van der Waals surface area contributed by atoms with Crippen molar-refractivity contribution in [1.82, 2.24) is 0 Å². The monoisotopic (exact) mass is 378 g/mol. The summed E-state index contributed by atoms with van der Waals surface area (Å²) < 4.78 is 84.9. The molecule has 1 heterocycles. The topological polar surface area (TPSA) is 90.7 Å². The lowest BCUT2D eigenvalue weighted by Crippen LogP contribution is -2.41. The van der Waals surface area contributed by atoms with Crippen LogP contribution in [0.2, 0.25) is 0 Å². The second-order valence-corrected chi connectivity index (χ2v) is 6.41. The van der Waals surface area contributed by atoms with Crippen LogP contribution in [0.1, 0.15) is 5.56 Å². The number of alkyl halides is 4. The molecule has 1 aliphatic heterocycles. The van der Waals surface area contributed by atoms with Gasteiger partial charge in [-0.25, -0.2) is 9.88 Å². The minimum absolute atomic E-state index is 0.167. The van der Waals surface area contributed by atoms with Gasteiger partial charge in [0.1, 0.15) is 5.75 Å². The van der Waals surface area contributed by atoms with Crippen LogP contribution < -0.4 is 14.6 Å². The molecule has 1 aliphatic rings. The molecule has 2 aromatic carbocycles. The summed E-state index contributed by atoms with van der Waals surface area (Å²) in [5.41, 5.74) is 0.0115. The summed E-state index contributed by atoms with van der Waals surface area (Å²) in [6.07, 6.45) is -8.67. The molecule has 11 heteroatoms. The number of fused-ring (bicyclic) bond motifs is 1. The Morgan fingerprint density at radius 3 is 2.16 bits per heavy atom. The Hall–Kier alpha value is -2.37. The molecule has 6 nitrogen and oxygen atoms in total. The first-order valence-corrected chi connectivity index (χ1v) is 8.20. The minimum atomic E-state index is -4.43. The summed E-state index contributed by atoms with van der Waals surface area (Å²) in [5, 5.41) is 4.83. The lowest BCUT2D eigenvalue weighted by molar-refractivity contribution is -0.461. The average molecular weight is 378 g/mol. The quantitative estimate of drug-likeness (QED) is 0.804. The zero-order chi connectivity index (χ0) is 18.5. The maximum Gasteiger partial charge on any atom is 0.540 e. The molecule has 0 unspecified atom stereocenters. The second kappa shape index (κ2) is 5.58. The molecular formula is C14H10F4N2O4S. The van der Waals surface area contributed by atoms with Gasteiger partial charge in [-0.1, -0.05) is 18.2 Å². The number of ether oxygens (including phenoxy) is 2. The minimum Gasteiger partial charge on any atom is -0.409 e. The molecule has 0 aliphatic carbocycles. The molecule has 0 spiro atoms. The lowest BCUT2D eigenvalue weighted by Gasteiger charge is -2.30. The van der Waals surface area contributed by atoms with Gasteiger partial charge in [-0.05, 0) is 35.4 Å². The van der Waals surface area contributed by atoms with Crippen LogP contribution in [0, 0.1) is 0 Å². The standard InChI is InChI=1S/C14H10F4N2O4S/c15-13(16)11-7-9(3-6-12(11)23-14(17,18)24-13)8-1-4-10(5-2-8)20-25(19,21)22/h1-7,20H,(H2,19,21,22). The van der Waals surface area contributed by atoms with Crippen molar-refractivity contribution in [3.05, 3.63) is 48.0 Å². The maximum atomic E-state index is 13.8. The molecule has 134 valence electrons. The molecule has 3 N–H and O–H groups in total. The summed E-state index contributed by atoms with van der Waals surface area (Å²) in [6, 6.07) is 8.83. The zero-order valence-corrected chi connectivity index (χ0v) is 13.0. The van der Waals surface area contributed by atoms with Crippen LogP contribution in [-0.4, -0.2) is 14.7 Å². The lowest BCUT2D eigenvalue weighted by atomic mass is 10.0. The van der Waals surface area contributed by atoms with Crippen molar-refractivity contribution in [1.29, 1.82) is 0 Å². The summed E-state index contributed by atoms with van der Waals surface area (Å²) in [5.74, 6) is -0.697. The first kappa shape index (κ1) is 17.5. The highest BCUT2D eigenvalue weighted by Crippen LogP contribution is 2.47. The fourth-order valence-electron chi connectivity index (χ4n) is 2.27. The van der Waals surface area contributed by atoms with Gasteiger partial charge in [-0.3, -0.25) is 4.72 Å². The van der Waals surface area contributed by atoms with E-state index in [2.05, 4.69) is 9.47 Å². The van der Waals surface area contributed by atoms with Crippen molar-refractivity contribution in [2.45, 2.75) is 12.4 Å². The van der Waals surface area contributed by atoms with E-state index in [9.17, 15) is 26.0 Å². The number of nitrogens with two attached hydrogens (primary N) is 1. The van der Waals surface area contributed by atoms with Crippen LogP contribution in [0.5, 0.6) is 5.75 Å². The molecule has 0 amide bonds. The molecule has 0 radical (unpaired) electrons. The molecule has 0 fully saturated rings. The van der Waals surface area contributed by atoms with Crippen molar-refractivity contribution in [3.8, 4) is 16.9 Å². The van der Waals surface area contributed by atoms with Gasteiger partial charge in [0.2, 0.25) is 0 Å². The van der Waals surface area contributed by atoms with Crippen LogP contribution in [0.25, 0.3) is 11.1 Å². The third-order valence-electron chi connectivity index (χ3n) is 3.25. The molecular weight excluding hydrogens is 368 g/mol. The Balaban J connectivity index is 1.95. The van der Waals surface area contributed by atoms with E-state index in [4.69, 9.17) is 5.14 Å². The highest BCUT2D eigenvalue weighted by molar-refractivity contribution is 7.90. The number of anilines is 1. The summed E-state index contributed by atoms with van der Waals surface area (Å²) in [7, 11) is -3.95. The number of benzene rings is 2.